The van der Waals surface area contributed by atoms with Gasteiger partial charge in [-0.05, 0) is 47.2 Å². The molecule has 3 aromatic rings. The number of hydrazine groups is 2. The van der Waals surface area contributed by atoms with Crippen molar-refractivity contribution in [3.63, 3.8) is 0 Å². The predicted molar refractivity (Wildman–Crippen MR) is 169 cm³/mol. The molecular formula is C34H39N7O2. The Morgan fingerprint density at radius 1 is 1.05 bits per heavy atom. The fourth-order valence-electron chi connectivity index (χ4n) is 5.93. The fourth-order valence-corrected chi connectivity index (χ4v) is 5.93. The van der Waals surface area contributed by atoms with Crippen LogP contribution in [0.1, 0.15) is 22.3 Å². The minimum atomic E-state index is -0.475. The SMILES string of the molecule is C=CCNN(NCc1ccccc1)[C@H]1CN(Cc2cccc3c2N(C(=N)C2C=C2)CC3)C(=O)[C@H](Cc2ccc(O)cc2)N1. The summed E-state index contributed by atoms with van der Waals surface area (Å²) in [7, 11) is 0. The maximum absolute atomic E-state index is 14.1. The van der Waals surface area contributed by atoms with E-state index in [0.717, 1.165) is 35.3 Å². The Morgan fingerprint density at radius 3 is 2.58 bits per heavy atom. The standard InChI is InChI=1S/C34H39N7O2/c1-2-18-36-41(37-21-25-7-4-3-5-8-25)31-23-39(34(43)30(38-31)20-24-11-15-29(42)16-12-24)22-28-10-6-9-26-17-19-40(32(26)28)33(35)27-13-14-27/h2-16,27,30-31,35-38,42H,1,17-23H2/t30-,31-/m0/s1. The van der Waals surface area contributed by atoms with Crippen molar-refractivity contribution in [2.24, 2.45) is 5.92 Å². The summed E-state index contributed by atoms with van der Waals surface area (Å²) >= 11 is 0. The van der Waals surface area contributed by atoms with E-state index in [1.54, 1.807) is 12.1 Å². The molecule has 0 aromatic heterocycles. The number of amides is 1. The molecule has 0 bridgehead atoms. The number of anilines is 1. The highest BCUT2D eigenvalue weighted by Crippen LogP contribution is 2.36. The van der Waals surface area contributed by atoms with Crippen LogP contribution < -0.4 is 21.1 Å². The average molecular weight is 578 g/mol. The number of benzene rings is 3. The molecule has 43 heavy (non-hydrogen) atoms. The fraction of sp³-hybridized carbons (Fsp3) is 0.294. The summed E-state index contributed by atoms with van der Waals surface area (Å²) in [4.78, 5) is 18.1. The van der Waals surface area contributed by atoms with Gasteiger partial charge in [0, 0.05) is 26.2 Å². The van der Waals surface area contributed by atoms with Gasteiger partial charge in [-0.1, -0.05) is 78.9 Å². The van der Waals surface area contributed by atoms with E-state index in [1.165, 1.54) is 5.56 Å². The summed E-state index contributed by atoms with van der Waals surface area (Å²) < 4.78 is 0. The molecule has 0 spiro atoms. The molecule has 2 aliphatic heterocycles. The number of carbonyl (C=O) groups excluding carboxylic acids is 1. The van der Waals surface area contributed by atoms with Crippen molar-refractivity contribution >= 4 is 17.4 Å². The van der Waals surface area contributed by atoms with Gasteiger partial charge in [0.2, 0.25) is 5.91 Å². The number of piperazine rings is 1. The molecule has 1 aliphatic carbocycles. The number of hydrogen-bond acceptors (Lipinski definition) is 7. The van der Waals surface area contributed by atoms with Crippen LogP contribution in [0, 0.1) is 11.3 Å². The van der Waals surface area contributed by atoms with Crippen LogP contribution in [0.3, 0.4) is 0 Å². The highest BCUT2D eigenvalue weighted by atomic mass is 16.3. The van der Waals surface area contributed by atoms with E-state index >= 15 is 0 Å². The number of para-hydroxylation sites is 1. The summed E-state index contributed by atoms with van der Waals surface area (Å²) in [5.74, 6) is 0.938. The molecule has 3 aromatic carbocycles. The second kappa shape index (κ2) is 12.9. The maximum Gasteiger partial charge on any atom is 0.240 e. The van der Waals surface area contributed by atoms with E-state index in [9.17, 15) is 9.90 Å². The lowest BCUT2D eigenvalue weighted by molar-refractivity contribution is -0.142. The molecule has 0 radical (unpaired) electrons. The quantitative estimate of drug-likeness (QED) is 0.0971. The van der Waals surface area contributed by atoms with Gasteiger partial charge >= 0.3 is 0 Å². The van der Waals surface area contributed by atoms with E-state index in [-0.39, 0.29) is 23.7 Å². The number of rotatable bonds is 12. The van der Waals surface area contributed by atoms with E-state index in [1.807, 2.05) is 46.4 Å². The molecule has 6 rings (SSSR count). The molecule has 2 heterocycles. The first-order valence-electron chi connectivity index (χ1n) is 14.9. The zero-order chi connectivity index (χ0) is 29.8. The third-order valence-electron chi connectivity index (χ3n) is 8.22. The molecule has 3 aliphatic rings. The molecule has 9 nitrogen and oxygen atoms in total. The topological polar surface area (TPSA) is 107 Å². The van der Waals surface area contributed by atoms with Crippen LogP contribution in [0.15, 0.2) is 97.6 Å². The Morgan fingerprint density at radius 2 is 1.84 bits per heavy atom. The second-order valence-electron chi connectivity index (χ2n) is 11.3. The van der Waals surface area contributed by atoms with Crippen molar-refractivity contribution in [1.29, 1.82) is 5.41 Å². The third-order valence-corrected chi connectivity index (χ3v) is 8.22. The van der Waals surface area contributed by atoms with Crippen LogP contribution in [0.5, 0.6) is 5.75 Å². The minimum Gasteiger partial charge on any atom is -0.508 e. The van der Waals surface area contributed by atoms with Crippen molar-refractivity contribution in [1.82, 2.24) is 26.2 Å². The molecule has 1 saturated heterocycles. The molecule has 2 atom stereocenters. The van der Waals surface area contributed by atoms with Gasteiger partial charge in [0.05, 0.1) is 24.2 Å². The number of fused-ring (bicyclic) bond motifs is 1. The summed E-state index contributed by atoms with van der Waals surface area (Å²) in [6, 6.07) is 23.0. The molecule has 1 fully saturated rings. The van der Waals surface area contributed by atoms with Crippen LogP contribution in [0.2, 0.25) is 0 Å². The van der Waals surface area contributed by atoms with Crippen molar-refractivity contribution in [3.05, 3.63) is 120 Å². The first-order chi connectivity index (χ1) is 21.0. The molecule has 9 heteroatoms. The Kier molecular flexibility index (Phi) is 8.67. The summed E-state index contributed by atoms with van der Waals surface area (Å²) in [6.45, 7) is 6.72. The van der Waals surface area contributed by atoms with Crippen LogP contribution in [0.4, 0.5) is 5.69 Å². The van der Waals surface area contributed by atoms with Crippen molar-refractivity contribution in [2.45, 2.75) is 38.1 Å². The number of amidine groups is 1. The van der Waals surface area contributed by atoms with Gasteiger partial charge in [0.25, 0.3) is 0 Å². The van der Waals surface area contributed by atoms with Gasteiger partial charge in [-0.2, -0.15) is 5.12 Å². The Hall–Kier alpha value is -4.28. The van der Waals surface area contributed by atoms with Crippen LogP contribution in [-0.2, 0) is 30.7 Å². The number of phenolic OH excluding ortho intramolecular Hbond substituents is 1. The van der Waals surface area contributed by atoms with Crippen molar-refractivity contribution in [3.8, 4) is 5.75 Å². The van der Waals surface area contributed by atoms with Gasteiger partial charge in [-0.3, -0.25) is 15.5 Å². The number of aromatic hydroxyl groups is 1. The first kappa shape index (κ1) is 28.8. The lowest BCUT2D eigenvalue weighted by Crippen LogP contribution is -2.70. The van der Waals surface area contributed by atoms with E-state index in [2.05, 4.69) is 70.1 Å². The molecule has 222 valence electrons. The normalized spacial score (nSPS) is 19.6. The largest absolute Gasteiger partial charge is 0.508 e. The molecular weight excluding hydrogens is 538 g/mol. The Labute approximate surface area is 252 Å². The lowest BCUT2D eigenvalue weighted by atomic mass is 10.0. The number of nitrogens with zero attached hydrogens (tertiary/aromatic N) is 3. The molecule has 1 amide bonds. The van der Waals surface area contributed by atoms with Gasteiger partial charge in [0.15, 0.2) is 0 Å². The van der Waals surface area contributed by atoms with E-state index in [0.29, 0.717) is 38.4 Å². The maximum atomic E-state index is 14.1. The average Bonchev–Trinajstić information content (AvgIpc) is 3.79. The van der Waals surface area contributed by atoms with Crippen LogP contribution in [-0.4, -0.2) is 58.7 Å². The van der Waals surface area contributed by atoms with Crippen LogP contribution in [0.25, 0.3) is 0 Å². The molecule has 5 N–H and O–H groups in total. The molecule has 0 saturated carbocycles. The minimum absolute atomic E-state index is 0.0251. The Bertz CT molecular complexity index is 1480. The highest BCUT2D eigenvalue weighted by molar-refractivity contribution is 6.03. The summed E-state index contributed by atoms with van der Waals surface area (Å²) in [5, 5.41) is 24.1. The first-order valence-corrected chi connectivity index (χ1v) is 14.9. The van der Waals surface area contributed by atoms with Gasteiger partial charge < -0.3 is 14.9 Å². The highest BCUT2D eigenvalue weighted by Gasteiger charge is 2.38. The zero-order valence-corrected chi connectivity index (χ0v) is 24.2. The zero-order valence-electron chi connectivity index (χ0n) is 24.2. The smallest absolute Gasteiger partial charge is 0.240 e. The number of phenols is 1. The lowest BCUT2D eigenvalue weighted by Gasteiger charge is -2.43. The number of hydrogen-bond donors (Lipinski definition) is 5. The van der Waals surface area contributed by atoms with Gasteiger partial charge in [-0.25, -0.2) is 10.9 Å². The monoisotopic (exact) mass is 577 g/mol. The van der Waals surface area contributed by atoms with Crippen LogP contribution >= 0.6 is 0 Å². The van der Waals surface area contributed by atoms with Gasteiger partial charge in [-0.15, -0.1) is 6.58 Å². The van der Waals surface area contributed by atoms with Crippen molar-refractivity contribution < 1.29 is 9.90 Å². The van der Waals surface area contributed by atoms with E-state index < -0.39 is 6.04 Å². The second-order valence-corrected chi connectivity index (χ2v) is 11.3. The molecule has 0 unspecified atom stereocenters. The van der Waals surface area contributed by atoms with Crippen molar-refractivity contribution in [2.75, 3.05) is 24.5 Å². The van der Waals surface area contributed by atoms with E-state index in [4.69, 9.17) is 5.41 Å². The number of nitrogens with one attached hydrogen (secondary N) is 4. The van der Waals surface area contributed by atoms with Gasteiger partial charge in [0.1, 0.15) is 17.8 Å². The Balaban J connectivity index is 1.27. The predicted octanol–water partition coefficient (Wildman–Crippen LogP) is 3.48. The number of carbonyl (C=O) groups is 1. The summed E-state index contributed by atoms with van der Waals surface area (Å²) in [6.07, 6.45) is 7.04. The summed E-state index contributed by atoms with van der Waals surface area (Å²) in [5.41, 5.74) is 12.4. The third kappa shape index (κ3) is 6.71.